The van der Waals surface area contributed by atoms with Crippen LogP contribution in [0, 0.1) is 23.7 Å². The quantitative estimate of drug-likeness (QED) is 0.727. The molecule has 1 nitrogen and oxygen atoms in total. The van der Waals surface area contributed by atoms with Crippen molar-refractivity contribution >= 4 is 5.78 Å². The fraction of sp³-hybridized carbons (Fsp3) is 0.650. The SMILES string of the molecule is Cc1ccc(C(C)C)c(C2C(=O)C3(C)CCC2C3(C)C)c1. The van der Waals surface area contributed by atoms with Gasteiger partial charge >= 0.3 is 0 Å². The summed E-state index contributed by atoms with van der Waals surface area (Å²) in [5.74, 6) is 1.60. The molecule has 21 heavy (non-hydrogen) atoms. The van der Waals surface area contributed by atoms with E-state index in [0.29, 0.717) is 17.6 Å². The maximum Gasteiger partial charge on any atom is 0.147 e. The molecule has 2 bridgehead atoms. The Balaban J connectivity index is 2.15. The van der Waals surface area contributed by atoms with E-state index in [4.69, 9.17) is 0 Å². The predicted octanol–water partition coefficient (Wildman–Crippen LogP) is 5.23. The molecule has 114 valence electrons. The lowest BCUT2D eigenvalue weighted by Gasteiger charge is -2.32. The van der Waals surface area contributed by atoms with Crippen LogP contribution in [0.5, 0.6) is 0 Å². The van der Waals surface area contributed by atoms with Gasteiger partial charge in [-0.2, -0.15) is 0 Å². The summed E-state index contributed by atoms with van der Waals surface area (Å²) >= 11 is 0. The largest absolute Gasteiger partial charge is 0.298 e. The molecule has 0 radical (unpaired) electrons. The highest BCUT2D eigenvalue weighted by Gasteiger charge is 2.66. The average Bonchev–Trinajstić information content (AvgIpc) is 2.70. The second-order valence-corrected chi connectivity index (χ2v) is 8.33. The number of ketones is 1. The molecule has 0 saturated heterocycles. The number of carbonyl (C=O) groups is 1. The lowest BCUT2D eigenvalue weighted by molar-refractivity contribution is -0.129. The van der Waals surface area contributed by atoms with Crippen molar-refractivity contribution in [3.05, 3.63) is 34.9 Å². The van der Waals surface area contributed by atoms with Crippen molar-refractivity contribution in [3.8, 4) is 0 Å². The zero-order valence-electron chi connectivity index (χ0n) is 14.3. The van der Waals surface area contributed by atoms with Crippen LogP contribution in [-0.4, -0.2) is 5.78 Å². The van der Waals surface area contributed by atoms with E-state index >= 15 is 0 Å². The van der Waals surface area contributed by atoms with Gasteiger partial charge in [-0.25, -0.2) is 0 Å². The van der Waals surface area contributed by atoms with Gasteiger partial charge in [0.1, 0.15) is 5.78 Å². The van der Waals surface area contributed by atoms with Gasteiger partial charge in [-0.05, 0) is 48.1 Å². The summed E-state index contributed by atoms with van der Waals surface area (Å²) in [6.45, 7) is 13.4. The molecule has 0 spiro atoms. The minimum atomic E-state index is -0.125. The summed E-state index contributed by atoms with van der Waals surface area (Å²) in [5.41, 5.74) is 3.96. The molecule has 1 aromatic rings. The molecule has 0 aromatic heterocycles. The fourth-order valence-electron chi connectivity index (χ4n) is 4.93. The highest BCUT2D eigenvalue weighted by atomic mass is 16.1. The van der Waals surface area contributed by atoms with Crippen LogP contribution >= 0.6 is 0 Å². The van der Waals surface area contributed by atoms with Crippen LogP contribution in [-0.2, 0) is 4.79 Å². The second-order valence-electron chi connectivity index (χ2n) is 8.33. The van der Waals surface area contributed by atoms with E-state index < -0.39 is 0 Å². The smallest absolute Gasteiger partial charge is 0.147 e. The summed E-state index contributed by atoms with van der Waals surface area (Å²) < 4.78 is 0. The number of benzene rings is 1. The van der Waals surface area contributed by atoms with Crippen LogP contribution < -0.4 is 0 Å². The molecule has 2 saturated carbocycles. The molecule has 0 heterocycles. The molecule has 2 aliphatic carbocycles. The third-order valence-corrected chi connectivity index (χ3v) is 6.73. The number of Topliss-reactive ketones (excluding diaryl/α,β-unsaturated/α-hetero) is 1. The van der Waals surface area contributed by atoms with E-state index in [1.807, 2.05) is 0 Å². The first kappa shape index (κ1) is 14.8. The summed E-state index contributed by atoms with van der Waals surface area (Å²) in [4.78, 5) is 13.2. The van der Waals surface area contributed by atoms with E-state index in [-0.39, 0.29) is 16.7 Å². The van der Waals surface area contributed by atoms with E-state index in [0.717, 1.165) is 6.42 Å². The Morgan fingerprint density at radius 3 is 2.38 bits per heavy atom. The molecule has 0 N–H and O–H groups in total. The maximum absolute atomic E-state index is 13.2. The van der Waals surface area contributed by atoms with Crippen LogP contribution in [0.1, 0.15) is 76.0 Å². The van der Waals surface area contributed by atoms with Gasteiger partial charge in [0.15, 0.2) is 0 Å². The van der Waals surface area contributed by atoms with Crippen LogP contribution in [0.25, 0.3) is 0 Å². The minimum Gasteiger partial charge on any atom is -0.298 e. The molecule has 1 heteroatoms. The number of hydrogen-bond donors (Lipinski definition) is 0. The Bertz CT molecular complexity index is 596. The molecule has 0 aliphatic heterocycles. The Kier molecular flexibility index (Phi) is 3.13. The maximum atomic E-state index is 13.2. The lowest BCUT2D eigenvalue weighted by atomic mass is 9.70. The Morgan fingerprint density at radius 1 is 1.19 bits per heavy atom. The molecule has 3 unspecified atom stereocenters. The topological polar surface area (TPSA) is 17.1 Å². The van der Waals surface area contributed by atoms with E-state index in [1.165, 1.54) is 23.1 Å². The molecule has 3 rings (SSSR count). The third-order valence-electron chi connectivity index (χ3n) is 6.73. The van der Waals surface area contributed by atoms with Gasteiger partial charge in [-0.1, -0.05) is 58.4 Å². The summed E-state index contributed by atoms with van der Waals surface area (Å²) in [6.07, 6.45) is 2.27. The van der Waals surface area contributed by atoms with Gasteiger partial charge < -0.3 is 0 Å². The Morgan fingerprint density at radius 2 is 1.86 bits per heavy atom. The first-order chi connectivity index (χ1) is 9.70. The van der Waals surface area contributed by atoms with E-state index in [1.54, 1.807) is 0 Å². The standard InChI is InChI=1S/C20H28O/c1-12(2)14-8-7-13(3)11-15(14)17-16-9-10-20(6,18(17)21)19(16,4)5/h7-8,11-12,16-17H,9-10H2,1-6H3. The highest BCUT2D eigenvalue weighted by molar-refractivity contribution is 5.96. The zero-order valence-corrected chi connectivity index (χ0v) is 14.3. The monoisotopic (exact) mass is 284 g/mol. The number of hydrogen-bond acceptors (Lipinski definition) is 1. The van der Waals surface area contributed by atoms with Crippen molar-refractivity contribution < 1.29 is 4.79 Å². The fourth-order valence-corrected chi connectivity index (χ4v) is 4.93. The Hall–Kier alpha value is -1.11. The van der Waals surface area contributed by atoms with E-state index in [2.05, 4.69) is 59.7 Å². The third kappa shape index (κ3) is 1.79. The van der Waals surface area contributed by atoms with Crippen LogP contribution in [0.4, 0.5) is 0 Å². The molecular formula is C20H28O. The molecule has 2 fully saturated rings. The number of fused-ring (bicyclic) bond motifs is 2. The van der Waals surface area contributed by atoms with Crippen molar-refractivity contribution in [2.75, 3.05) is 0 Å². The average molecular weight is 284 g/mol. The van der Waals surface area contributed by atoms with Gasteiger partial charge in [0.05, 0.1) is 0 Å². The molecule has 2 aliphatic rings. The van der Waals surface area contributed by atoms with Gasteiger partial charge in [0.2, 0.25) is 0 Å². The van der Waals surface area contributed by atoms with Crippen LogP contribution in [0.2, 0.25) is 0 Å². The first-order valence-electron chi connectivity index (χ1n) is 8.35. The van der Waals surface area contributed by atoms with E-state index in [9.17, 15) is 4.79 Å². The summed E-state index contributed by atoms with van der Waals surface area (Å²) in [7, 11) is 0. The second kappa shape index (κ2) is 4.44. The van der Waals surface area contributed by atoms with Gasteiger partial charge in [-0.3, -0.25) is 4.79 Å². The van der Waals surface area contributed by atoms with Crippen LogP contribution in [0.3, 0.4) is 0 Å². The molecule has 1 aromatic carbocycles. The molecular weight excluding hydrogens is 256 g/mol. The van der Waals surface area contributed by atoms with Crippen molar-refractivity contribution in [1.82, 2.24) is 0 Å². The van der Waals surface area contributed by atoms with Crippen LogP contribution in [0.15, 0.2) is 18.2 Å². The molecule has 0 amide bonds. The number of carbonyl (C=O) groups excluding carboxylic acids is 1. The Labute approximate surface area is 129 Å². The van der Waals surface area contributed by atoms with Crippen molar-refractivity contribution in [2.24, 2.45) is 16.7 Å². The van der Waals surface area contributed by atoms with Crippen molar-refractivity contribution in [1.29, 1.82) is 0 Å². The van der Waals surface area contributed by atoms with Gasteiger partial charge in [0, 0.05) is 11.3 Å². The summed E-state index contributed by atoms with van der Waals surface area (Å²) in [5, 5.41) is 0. The van der Waals surface area contributed by atoms with Gasteiger partial charge in [-0.15, -0.1) is 0 Å². The molecule has 3 atom stereocenters. The minimum absolute atomic E-state index is 0.121. The van der Waals surface area contributed by atoms with Crippen molar-refractivity contribution in [3.63, 3.8) is 0 Å². The van der Waals surface area contributed by atoms with Gasteiger partial charge in [0.25, 0.3) is 0 Å². The normalized spacial score (nSPS) is 34.0. The lowest BCUT2D eigenvalue weighted by Crippen LogP contribution is -2.33. The number of rotatable bonds is 2. The number of aryl methyl sites for hydroxylation is 1. The summed E-state index contributed by atoms with van der Waals surface area (Å²) in [6, 6.07) is 6.70. The highest BCUT2D eigenvalue weighted by Crippen LogP contribution is 2.68. The zero-order chi connectivity index (χ0) is 15.6. The van der Waals surface area contributed by atoms with Crippen molar-refractivity contribution in [2.45, 2.75) is 66.2 Å². The first-order valence-corrected chi connectivity index (χ1v) is 8.35. The predicted molar refractivity (Wildman–Crippen MR) is 87.6 cm³/mol.